The van der Waals surface area contributed by atoms with Crippen LogP contribution in [0.3, 0.4) is 0 Å². The van der Waals surface area contributed by atoms with Crippen LogP contribution in [-0.2, 0) is 11.2 Å². The highest BCUT2D eigenvalue weighted by Gasteiger charge is 2.29. The van der Waals surface area contributed by atoms with E-state index in [1.54, 1.807) is 11.3 Å². The Bertz CT molecular complexity index is 1110. The molecule has 1 fully saturated rings. The number of aromatic amines is 1. The molecule has 1 N–H and O–H groups in total. The Hall–Kier alpha value is -2.66. The molecule has 148 valence electrons. The van der Waals surface area contributed by atoms with Gasteiger partial charge in [-0.2, -0.15) is 0 Å². The number of para-hydroxylation sites is 2. The highest BCUT2D eigenvalue weighted by molar-refractivity contribution is 7.18. The van der Waals surface area contributed by atoms with Gasteiger partial charge in [0.25, 0.3) is 0 Å². The molecule has 0 aliphatic carbocycles. The first kappa shape index (κ1) is 18.4. The minimum Gasteiger partial charge on any atom is -0.361 e. The van der Waals surface area contributed by atoms with E-state index in [2.05, 4.69) is 52.5 Å². The predicted octanol–water partition coefficient (Wildman–Crippen LogP) is 5.85. The van der Waals surface area contributed by atoms with E-state index < -0.39 is 0 Å². The number of hydrogen-bond acceptors (Lipinski definition) is 3. The van der Waals surface area contributed by atoms with Crippen LogP contribution in [0.4, 0.5) is 0 Å². The number of nitrogens with one attached hydrogen (secondary N) is 1. The summed E-state index contributed by atoms with van der Waals surface area (Å²) in [6.07, 6.45) is 7.77. The van der Waals surface area contributed by atoms with Crippen LogP contribution < -0.4 is 0 Å². The molecular weight excluding hydrogens is 378 g/mol. The zero-order valence-electron chi connectivity index (χ0n) is 16.4. The summed E-state index contributed by atoms with van der Waals surface area (Å²) in [5.41, 5.74) is 3.51. The van der Waals surface area contributed by atoms with Gasteiger partial charge in [0.1, 0.15) is 5.01 Å². The predicted molar refractivity (Wildman–Crippen MR) is 119 cm³/mol. The minimum absolute atomic E-state index is 0.140. The van der Waals surface area contributed by atoms with Crippen molar-refractivity contribution in [1.29, 1.82) is 0 Å². The molecule has 2 aromatic carbocycles. The third kappa shape index (κ3) is 3.67. The maximum Gasteiger partial charge on any atom is 0.223 e. The van der Waals surface area contributed by atoms with Gasteiger partial charge in [-0.1, -0.05) is 30.3 Å². The molecule has 0 bridgehead atoms. The van der Waals surface area contributed by atoms with Crippen molar-refractivity contribution in [3.05, 3.63) is 65.3 Å². The molecule has 1 amide bonds. The number of thiazole rings is 1. The fourth-order valence-corrected chi connectivity index (χ4v) is 5.55. The van der Waals surface area contributed by atoms with Crippen molar-refractivity contribution >= 4 is 38.4 Å². The number of rotatable bonds is 5. The van der Waals surface area contributed by atoms with Gasteiger partial charge in [-0.15, -0.1) is 11.3 Å². The zero-order valence-corrected chi connectivity index (χ0v) is 17.3. The van der Waals surface area contributed by atoms with Crippen molar-refractivity contribution in [3.63, 3.8) is 0 Å². The number of H-pyrrole nitrogens is 1. The van der Waals surface area contributed by atoms with Gasteiger partial charge in [-0.05, 0) is 55.9 Å². The number of likely N-dealkylation sites (tertiary alicyclic amines) is 1. The monoisotopic (exact) mass is 403 g/mol. The van der Waals surface area contributed by atoms with Gasteiger partial charge in [0.15, 0.2) is 0 Å². The summed E-state index contributed by atoms with van der Waals surface area (Å²) in [6.45, 7) is 0.854. The lowest BCUT2D eigenvalue weighted by atomic mass is 10.0. The summed E-state index contributed by atoms with van der Waals surface area (Å²) in [7, 11) is 0. The maximum absolute atomic E-state index is 13.1. The molecule has 5 rings (SSSR count). The Morgan fingerprint density at radius 3 is 2.93 bits per heavy atom. The lowest BCUT2D eigenvalue weighted by Crippen LogP contribution is -2.38. The topological polar surface area (TPSA) is 49.0 Å². The number of hydrogen-bond donors (Lipinski definition) is 1. The number of piperidine rings is 1. The number of amides is 1. The summed E-state index contributed by atoms with van der Waals surface area (Å²) in [6, 6.07) is 16.8. The average Bonchev–Trinajstić information content (AvgIpc) is 3.38. The molecule has 4 nitrogen and oxygen atoms in total. The largest absolute Gasteiger partial charge is 0.361 e. The van der Waals surface area contributed by atoms with Gasteiger partial charge in [-0.3, -0.25) is 4.79 Å². The molecule has 29 heavy (non-hydrogen) atoms. The number of benzene rings is 2. The summed E-state index contributed by atoms with van der Waals surface area (Å²) >= 11 is 1.74. The molecule has 4 aromatic rings. The normalized spacial score (nSPS) is 17.2. The first-order chi connectivity index (χ1) is 14.3. The lowest BCUT2D eigenvalue weighted by Gasteiger charge is -2.34. The minimum atomic E-state index is 0.140. The molecular formula is C24H25N3OS. The van der Waals surface area contributed by atoms with Gasteiger partial charge in [0.2, 0.25) is 5.91 Å². The van der Waals surface area contributed by atoms with Crippen LogP contribution in [0.15, 0.2) is 54.7 Å². The molecule has 3 heterocycles. The molecule has 0 radical (unpaired) electrons. The van der Waals surface area contributed by atoms with Crippen LogP contribution in [0.1, 0.15) is 48.7 Å². The van der Waals surface area contributed by atoms with E-state index in [1.807, 2.05) is 12.1 Å². The number of carbonyl (C=O) groups excluding carboxylic acids is 1. The van der Waals surface area contributed by atoms with Gasteiger partial charge in [-0.25, -0.2) is 4.98 Å². The van der Waals surface area contributed by atoms with Crippen LogP contribution in [-0.4, -0.2) is 27.3 Å². The third-order valence-corrected chi connectivity index (χ3v) is 7.07. The van der Waals surface area contributed by atoms with Gasteiger partial charge >= 0.3 is 0 Å². The number of nitrogens with zero attached hydrogens (tertiary/aromatic N) is 2. The average molecular weight is 404 g/mol. The second-order valence-corrected chi connectivity index (χ2v) is 8.89. The number of aryl methyl sites for hydroxylation is 1. The summed E-state index contributed by atoms with van der Waals surface area (Å²) in [4.78, 5) is 23.4. The molecule has 1 unspecified atom stereocenters. The Labute approximate surface area is 174 Å². The van der Waals surface area contributed by atoms with E-state index in [1.165, 1.54) is 27.6 Å². The second kappa shape index (κ2) is 7.99. The van der Waals surface area contributed by atoms with Crippen molar-refractivity contribution in [1.82, 2.24) is 14.9 Å². The zero-order chi connectivity index (χ0) is 19.6. The van der Waals surface area contributed by atoms with Crippen molar-refractivity contribution in [2.45, 2.75) is 44.6 Å². The van der Waals surface area contributed by atoms with Crippen LogP contribution >= 0.6 is 11.3 Å². The quantitative estimate of drug-likeness (QED) is 0.454. The Morgan fingerprint density at radius 1 is 1.14 bits per heavy atom. The fraction of sp³-hybridized carbons (Fsp3) is 0.333. The Balaban J connectivity index is 1.27. The van der Waals surface area contributed by atoms with Crippen molar-refractivity contribution in [3.8, 4) is 0 Å². The van der Waals surface area contributed by atoms with E-state index >= 15 is 0 Å². The highest BCUT2D eigenvalue weighted by atomic mass is 32.1. The molecule has 0 saturated carbocycles. The molecule has 5 heteroatoms. The summed E-state index contributed by atoms with van der Waals surface area (Å²) in [5, 5.41) is 2.36. The lowest BCUT2D eigenvalue weighted by molar-refractivity contribution is -0.135. The van der Waals surface area contributed by atoms with E-state index in [9.17, 15) is 4.79 Å². The van der Waals surface area contributed by atoms with E-state index in [0.29, 0.717) is 6.42 Å². The molecule has 0 spiro atoms. The van der Waals surface area contributed by atoms with Gasteiger partial charge in [0.05, 0.1) is 16.3 Å². The first-order valence-electron chi connectivity index (χ1n) is 10.5. The van der Waals surface area contributed by atoms with Gasteiger partial charge in [0, 0.05) is 30.1 Å². The molecule has 1 atom stereocenters. The highest BCUT2D eigenvalue weighted by Crippen LogP contribution is 2.36. The standard InChI is InChI=1S/C24H25N3OS/c28-23(14-7-8-17-16-25-19-10-2-1-9-18(17)19)27-15-6-5-12-21(27)24-26-20-11-3-4-13-22(20)29-24/h1-4,9-11,13,16,21,25H,5-8,12,14-15H2. The molecule has 1 aliphatic rings. The number of fused-ring (bicyclic) bond motifs is 2. The third-order valence-electron chi connectivity index (χ3n) is 5.93. The van der Waals surface area contributed by atoms with E-state index in [4.69, 9.17) is 4.98 Å². The van der Waals surface area contributed by atoms with Gasteiger partial charge < -0.3 is 9.88 Å². The fourth-order valence-electron chi connectivity index (χ4n) is 4.43. The maximum atomic E-state index is 13.1. The smallest absolute Gasteiger partial charge is 0.223 e. The van der Waals surface area contributed by atoms with Crippen LogP contribution in [0.2, 0.25) is 0 Å². The number of carbonyl (C=O) groups is 1. The number of aromatic nitrogens is 2. The molecule has 2 aromatic heterocycles. The van der Waals surface area contributed by atoms with Crippen molar-refractivity contribution < 1.29 is 4.79 Å². The molecule has 1 aliphatic heterocycles. The van der Waals surface area contributed by atoms with Crippen molar-refractivity contribution in [2.75, 3.05) is 6.54 Å². The van der Waals surface area contributed by atoms with Crippen LogP contribution in [0.25, 0.3) is 21.1 Å². The second-order valence-electron chi connectivity index (χ2n) is 7.83. The summed E-state index contributed by atoms with van der Waals surface area (Å²) < 4.78 is 1.21. The van der Waals surface area contributed by atoms with Crippen LogP contribution in [0.5, 0.6) is 0 Å². The van der Waals surface area contributed by atoms with E-state index in [-0.39, 0.29) is 11.9 Å². The summed E-state index contributed by atoms with van der Waals surface area (Å²) in [5.74, 6) is 0.272. The molecule has 1 saturated heterocycles. The first-order valence-corrected chi connectivity index (χ1v) is 11.3. The van der Waals surface area contributed by atoms with E-state index in [0.717, 1.165) is 42.8 Å². The van der Waals surface area contributed by atoms with Crippen molar-refractivity contribution in [2.24, 2.45) is 0 Å². The Kier molecular flexibility index (Phi) is 5.06. The SMILES string of the molecule is O=C(CCCc1c[nH]c2ccccc12)N1CCCCC1c1nc2ccccc2s1. The Morgan fingerprint density at radius 2 is 2.00 bits per heavy atom. The van der Waals surface area contributed by atoms with Crippen LogP contribution in [0, 0.1) is 0 Å².